The van der Waals surface area contributed by atoms with Gasteiger partial charge in [-0.05, 0) is 36.8 Å². The second kappa shape index (κ2) is 8.06. The first-order valence-corrected chi connectivity index (χ1v) is 9.14. The molecule has 0 saturated carbocycles. The molecule has 3 rings (SSSR count). The van der Waals surface area contributed by atoms with Gasteiger partial charge in [-0.15, -0.1) is 6.58 Å². The maximum absolute atomic E-state index is 12.9. The number of benzene rings is 2. The molecule has 0 saturated heterocycles. The molecule has 0 N–H and O–H groups in total. The zero-order valence-corrected chi connectivity index (χ0v) is 15.3. The van der Waals surface area contributed by atoms with E-state index in [1.165, 1.54) is 16.7 Å². The van der Waals surface area contributed by atoms with Crippen LogP contribution in [0.1, 0.15) is 12.5 Å². The molecule has 4 nitrogen and oxygen atoms in total. The topological polar surface area (TPSA) is 46.6 Å². The van der Waals surface area contributed by atoms with Crippen molar-refractivity contribution in [1.82, 2.24) is 4.90 Å². The summed E-state index contributed by atoms with van der Waals surface area (Å²) >= 11 is 1.31. The third-order valence-corrected chi connectivity index (χ3v) is 4.94. The van der Waals surface area contributed by atoms with Crippen molar-refractivity contribution >= 4 is 29.1 Å². The monoisotopic (exact) mass is 365 g/mol. The van der Waals surface area contributed by atoms with Gasteiger partial charge in [-0.25, -0.2) is 0 Å². The summed E-state index contributed by atoms with van der Waals surface area (Å²) in [5.74, 6) is 0.152. The Hall–Kier alpha value is -2.79. The Morgan fingerprint density at radius 1 is 1.04 bits per heavy atom. The highest BCUT2D eigenvalue weighted by Crippen LogP contribution is 2.39. The van der Waals surface area contributed by atoms with E-state index in [-0.39, 0.29) is 18.4 Å². The van der Waals surface area contributed by atoms with Gasteiger partial charge in [0, 0.05) is 11.4 Å². The minimum Gasteiger partial charge on any atom is -0.494 e. The number of hydrogen-bond acceptors (Lipinski definition) is 4. The molecule has 2 aromatic carbocycles. The van der Waals surface area contributed by atoms with Crippen LogP contribution >= 0.6 is 11.8 Å². The molecular formula is C21H19NO3S. The van der Waals surface area contributed by atoms with Crippen molar-refractivity contribution in [3.05, 3.63) is 77.7 Å². The van der Waals surface area contributed by atoms with Crippen molar-refractivity contribution in [3.63, 3.8) is 0 Å². The molecule has 1 aliphatic rings. The molecule has 5 heteroatoms. The summed E-state index contributed by atoms with van der Waals surface area (Å²) in [5.41, 5.74) is 1.13. The lowest BCUT2D eigenvalue weighted by molar-refractivity contribution is -0.135. The third-order valence-electron chi connectivity index (χ3n) is 3.85. The molecule has 0 aliphatic carbocycles. The Morgan fingerprint density at radius 3 is 2.35 bits per heavy atom. The van der Waals surface area contributed by atoms with Crippen LogP contribution in [-0.4, -0.2) is 29.9 Å². The zero-order chi connectivity index (χ0) is 18.5. The number of carbonyl (C=O) groups is 2. The second-order valence-electron chi connectivity index (χ2n) is 5.59. The van der Waals surface area contributed by atoms with Crippen LogP contribution < -0.4 is 4.74 Å². The minimum atomic E-state index is -0.294. The van der Waals surface area contributed by atoms with E-state index in [1.54, 1.807) is 6.08 Å². The molecule has 2 amide bonds. The number of amides is 2. The maximum Gasteiger partial charge on any atom is 0.268 e. The lowest BCUT2D eigenvalue weighted by Crippen LogP contribution is -2.31. The largest absolute Gasteiger partial charge is 0.494 e. The molecule has 0 unspecified atom stereocenters. The number of ether oxygens (including phenoxy) is 1. The molecule has 0 aromatic heterocycles. The highest BCUT2D eigenvalue weighted by atomic mass is 32.2. The van der Waals surface area contributed by atoms with Gasteiger partial charge in [-0.3, -0.25) is 14.5 Å². The summed E-state index contributed by atoms with van der Waals surface area (Å²) in [6.07, 6.45) is 1.56. The van der Waals surface area contributed by atoms with E-state index in [9.17, 15) is 9.59 Å². The zero-order valence-electron chi connectivity index (χ0n) is 14.5. The predicted molar refractivity (Wildman–Crippen MR) is 104 cm³/mol. The number of thioether (sulfide) groups is 1. The Kier molecular flexibility index (Phi) is 5.58. The first-order valence-electron chi connectivity index (χ1n) is 8.33. The minimum absolute atomic E-state index is 0.192. The smallest absolute Gasteiger partial charge is 0.268 e. The fourth-order valence-corrected chi connectivity index (χ4v) is 3.72. The molecule has 0 fully saturated rings. The van der Waals surface area contributed by atoms with E-state index >= 15 is 0 Å². The molecule has 0 spiro atoms. The van der Waals surface area contributed by atoms with Gasteiger partial charge >= 0.3 is 0 Å². The molecule has 0 atom stereocenters. The van der Waals surface area contributed by atoms with Gasteiger partial charge in [0.25, 0.3) is 11.8 Å². The van der Waals surface area contributed by atoms with Crippen molar-refractivity contribution < 1.29 is 14.3 Å². The van der Waals surface area contributed by atoms with Crippen molar-refractivity contribution in [1.29, 1.82) is 0 Å². The number of carbonyl (C=O) groups excluding carboxylic acids is 2. The van der Waals surface area contributed by atoms with Gasteiger partial charge in [-0.2, -0.15) is 0 Å². The number of hydrogen-bond donors (Lipinski definition) is 0. The van der Waals surface area contributed by atoms with Gasteiger partial charge in [-0.1, -0.05) is 48.2 Å². The number of rotatable bonds is 7. The summed E-state index contributed by atoms with van der Waals surface area (Å²) in [5, 5.41) is 0. The maximum atomic E-state index is 12.9. The van der Waals surface area contributed by atoms with E-state index in [1.807, 2.05) is 61.5 Å². The van der Waals surface area contributed by atoms with Crippen LogP contribution in [0.25, 0.3) is 5.57 Å². The van der Waals surface area contributed by atoms with Gasteiger partial charge in [0.2, 0.25) is 0 Å². The second-order valence-corrected chi connectivity index (χ2v) is 6.67. The summed E-state index contributed by atoms with van der Waals surface area (Å²) in [4.78, 5) is 28.3. The average Bonchev–Trinajstić information content (AvgIpc) is 2.88. The lowest BCUT2D eigenvalue weighted by atomic mass is 10.1. The van der Waals surface area contributed by atoms with Crippen molar-refractivity contribution in [2.24, 2.45) is 0 Å². The van der Waals surface area contributed by atoms with Crippen LogP contribution in [0.4, 0.5) is 0 Å². The summed E-state index contributed by atoms with van der Waals surface area (Å²) in [6.45, 7) is 6.32. The van der Waals surface area contributed by atoms with Crippen LogP contribution in [0.3, 0.4) is 0 Å². The van der Waals surface area contributed by atoms with Crippen LogP contribution in [0.15, 0.2) is 77.1 Å². The Morgan fingerprint density at radius 2 is 1.73 bits per heavy atom. The molecule has 1 heterocycles. The molecule has 132 valence electrons. The van der Waals surface area contributed by atoms with Crippen LogP contribution in [0, 0.1) is 0 Å². The summed E-state index contributed by atoms with van der Waals surface area (Å²) in [6, 6.07) is 16.8. The van der Waals surface area contributed by atoms with Gasteiger partial charge in [0.1, 0.15) is 5.75 Å². The standard InChI is InChI=1S/C21H19NO3S/c1-3-14-22-20(23)18(15-10-12-16(13-11-15)25-4-2)19(21(22)24)26-17-8-6-5-7-9-17/h3,5-13H,1,4,14H2,2H3. The fourth-order valence-electron chi connectivity index (χ4n) is 2.69. The first kappa shape index (κ1) is 18.0. The Bertz CT molecular complexity index is 857. The van der Waals surface area contributed by atoms with Gasteiger partial charge < -0.3 is 4.74 Å². The predicted octanol–water partition coefficient (Wildman–Crippen LogP) is 4.14. The van der Waals surface area contributed by atoms with E-state index in [2.05, 4.69) is 6.58 Å². The molecule has 0 bridgehead atoms. The molecule has 2 aromatic rings. The van der Waals surface area contributed by atoms with Crippen molar-refractivity contribution in [2.45, 2.75) is 11.8 Å². The van der Waals surface area contributed by atoms with Crippen LogP contribution in [0.2, 0.25) is 0 Å². The van der Waals surface area contributed by atoms with E-state index in [0.29, 0.717) is 22.6 Å². The Balaban J connectivity index is 2.03. The highest BCUT2D eigenvalue weighted by Gasteiger charge is 2.38. The fraction of sp³-hybridized carbons (Fsp3) is 0.143. The van der Waals surface area contributed by atoms with Crippen molar-refractivity contribution in [3.8, 4) is 5.75 Å². The molecule has 26 heavy (non-hydrogen) atoms. The van der Waals surface area contributed by atoms with Crippen LogP contribution in [-0.2, 0) is 9.59 Å². The van der Waals surface area contributed by atoms with Gasteiger partial charge in [0.15, 0.2) is 0 Å². The van der Waals surface area contributed by atoms with Gasteiger partial charge in [0.05, 0.1) is 17.1 Å². The first-order chi connectivity index (χ1) is 12.7. The van der Waals surface area contributed by atoms with E-state index in [4.69, 9.17) is 4.74 Å². The number of imide groups is 1. The molecular weight excluding hydrogens is 346 g/mol. The average molecular weight is 365 g/mol. The van der Waals surface area contributed by atoms with Crippen LogP contribution in [0.5, 0.6) is 5.75 Å². The lowest BCUT2D eigenvalue weighted by Gasteiger charge is -2.12. The SMILES string of the molecule is C=CCN1C(=O)C(Sc2ccccc2)=C(c2ccc(OCC)cc2)C1=O. The third kappa shape index (κ3) is 3.58. The van der Waals surface area contributed by atoms with E-state index in [0.717, 1.165) is 10.6 Å². The summed E-state index contributed by atoms with van der Waals surface area (Å²) in [7, 11) is 0. The van der Waals surface area contributed by atoms with Crippen molar-refractivity contribution in [2.75, 3.05) is 13.2 Å². The normalized spacial score (nSPS) is 14.1. The molecule has 0 radical (unpaired) electrons. The summed E-state index contributed by atoms with van der Waals surface area (Å²) < 4.78 is 5.46. The number of nitrogens with zero attached hydrogens (tertiary/aromatic N) is 1. The quantitative estimate of drug-likeness (QED) is 0.546. The van der Waals surface area contributed by atoms with E-state index < -0.39 is 0 Å². The molecule has 1 aliphatic heterocycles. The highest BCUT2D eigenvalue weighted by molar-refractivity contribution is 8.04. The Labute approximate surface area is 157 Å².